The Morgan fingerprint density at radius 2 is 2.21 bits per heavy atom. The van der Waals surface area contributed by atoms with Gasteiger partial charge in [0.15, 0.2) is 0 Å². The molecule has 2 aromatic rings. The molecule has 0 bridgehead atoms. The fourth-order valence-electron chi connectivity index (χ4n) is 2.01. The van der Waals surface area contributed by atoms with E-state index in [1.165, 1.54) is 16.9 Å². The molecule has 1 aromatic heterocycles. The lowest BCUT2D eigenvalue weighted by atomic mass is 10.1. The molecule has 1 aromatic carbocycles. The molecule has 0 saturated carbocycles. The van der Waals surface area contributed by atoms with E-state index in [0.29, 0.717) is 6.04 Å². The van der Waals surface area contributed by atoms with Crippen LogP contribution < -0.4 is 5.32 Å². The molecule has 1 heterocycles. The van der Waals surface area contributed by atoms with Crippen LogP contribution in [0.4, 0.5) is 0 Å². The number of halogens is 2. The van der Waals surface area contributed by atoms with Gasteiger partial charge in [-0.15, -0.1) is 11.3 Å². The zero-order chi connectivity index (χ0) is 13.7. The van der Waals surface area contributed by atoms with Crippen molar-refractivity contribution in [1.82, 2.24) is 5.32 Å². The van der Waals surface area contributed by atoms with Crippen LogP contribution in [0.15, 0.2) is 40.2 Å². The van der Waals surface area contributed by atoms with Gasteiger partial charge in [0.1, 0.15) is 0 Å². The molecule has 4 heteroatoms. The van der Waals surface area contributed by atoms with E-state index in [2.05, 4.69) is 51.7 Å². The number of thiophene rings is 1. The molecule has 19 heavy (non-hydrogen) atoms. The highest BCUT2D eigenvalue weighted by molar-refractivity contribution is 9.10. The summed E-state index contributed by atoms with van der Waals surface area (Å²) in [5.41, 5.74) is 1.21. The van der Waals surface area contributed by atoms with E-state index < -0.39 is 0 Å². The first-order chi connectivity index (χ1) is 9.20. The topological polar surface area (TPSA) is 12.0 Å². The molecule has 0 saturated heterocycles. The van der Waals surface area contributed by atoms with Gasteiger partial charge in [-0.05, 0) is 51.5 Å². The summed E-state index contributed by atoms with van der Waals surface area (Å²) in [6.07, 6.45) is 2.33. The van der Waals surface area contributed by atoms with E-state index in [4.69, 9.17) is 11.6 Å². The first-order valence-electron chi connectivity index (χ1n) is 6.41. The second-order valence-corrected chi connectivity index (χ2v) is 6.73. The zero-order valence-electron chi connectivity index (χ0n) is 10.8. The molecule has 1 nitrogen and oxygen atoms in total. The van der Waals surface area contributed by atoms with E-state index in [1.807, 2.05) is 23.5 Å². The average molecular weight is 359 g/mol. The minimum Gasteiger partial charge on any atom is -0.305 e. The minimum absolute atomic E-state index is 0.437. The van der Waals surface area contributed by atoms with Crippen molar-refractivity contribution in [1.29, 1.82) is 0 Å². The molecule has 0 aliphatic rings. The largest absolute Gasteiger partial charge is 0.305 e. The molecule has 1 N–H and O–H groups in total. The summed E-state index contributed by atoms with van der Waals surface area (Å²) in [6, 6.07) is 10.9. The number of rotatable bonds is 6. The summed E-state index contributed by atoms with van der Waals surface area (Å²) in [4.78, 5) is 1.41. The first kappa shape index (κ1) is 15.0. The van der Waals surface area contributed by atoms with Crippen molar-refractivity contribution in [2.24, 2.45) is 0 Å². The summed E-state index contributed by atoms with van der Waals surface area (Å²) in [5, 5.41) is 6.52. The highest BCUT2D eigenvalue weighted by Crippen LogP contribution is 2.25. The van der Waals surface area contributed by atoms with Crippen LogP contribution in [0.1, 0.15) is 36.2 Å². The van der Waals surface area contributed by atoms with Gasteiger partial charge in [-0.25, -0.2) is 0 Å². The maximum Gasteiger partial charge on any atom is 0.0551 e. The van der Waals surface area contributed by atoms with Crippen LogP contribution in [0, 0.1) is 0 Å². The molecule has 0 fully saturated rings. The standard InChI is InChI=1S/C15H17BrClNS/c1-2-4-14(15-5-3-8-19-15)18-10-11-6-7-12(16)13(17)9-11/h3,5-9,14,18H,2,4,10H2,1H3. The van der Waals surface area contributed by atoms with Crippen molar-refractivity contribution < 1.29 is 0 Å². The van der Waals surface area contributed by atoms with Gasteiger partial charge in [-0.3, -0.25) is 0 Å². The van der Waals surface area contributed by atoms with E-state index in [-0.39, 0.29) is 0 Å². The monoisotopic (exact) mass is 357 g/mol. The van der Waals surface area contributed by atoms with Crippen molar-refractivity contribution in [2.45, 2.75) is 32.4 Å². The SMILES string of the molecule is CCCC(NCc1ccc(Br)c(Cl)c1)c1cccs1. The number of nitrogens with one attached hydrogen (secondary N) is 1. The summed E-state index contributed by atoms with van der Waals surface area (Å²) in [6.45, 7) is 3.06. The van der Waals surface area contributed by atoms with Gasteiger partial charge >= 0.3 is 0 Å². The minimum atomic E-state index is 0.437. The first-order valence-corrected chi connectivity index (χ1v) is 8.46. The molecule has 0 radical (unpaired) electrons. The molecule has 0 amide bonds. The van der Waals surface area contributed by atoms with Gasteiger partial charge in [0, 0.05) is 21.9 Å². The zero-order valence-corrected chi connectivity index (χ0v) is 14.0. The van der Waals surface area contributed by atoms with Crippen LogP contribution in [0.3, 0.4) is 0 Å². The lowest BCUT2D eigenvalue weighted by molar-refractivity contribution is 0.500. The lowest BCUT2D eigenvalue weighted by Crippen LogP contribution is -2.19. The second kappa shape index (κ2) is 7.44. The second-order valence-electron chi connectivity index (χ2n) is 4.49. The van der Waals surface area contributed by atoms with Crippen LogP contribution in [-0.4, -0.2) is 0 Å². The maximum absolute atomic E-state index is 6.12. The van der Waals surface area contributed by atoms with E-state index in [1.54, 1.807) is 0 Å². The van der Waals surface area contributed by atoms with Crippen LogP contribution >= 0.6 is 38.9 Å². The Labute approximate surface area is 132 Å². The molecule has 1 atom stereocenters. The molecular weight excluding hydrogens is 342 g/mol. The fraction of sp³-hybridized carbons (Fsp3) is 0.333. The molecule has 0 aliphatic heterocycles. The van der Waals surface area contributed by atoms with Gasteiger partial charge < -0.3 is 5.32 Å². The van der Waals surface area contributed by atoms with Crippen molar-refractivity contribution in [3.05, 3.63) is 55.6 Å². The molecule has 2 rings (SSSR count). The Balaban J connectivity index is 2.00. The highest BCUT2D eigenvalue weighted by atomic mass is 79.9. The third-order valence-corrected chi connectivity index (χ3v) is 5.22. The molecular formula is C15H17BrClNS. The van der Waals surface area contributed by atoms with Crippen LogP contribution in [-0.2, 0) is 6.54 Å². The highest BCUT2D eigenvalue weighted by Gasteiger charge is 2.11. The predicted molar refractivity (Wildman–Crippen MR) is 88.0 cm³/mol. The van der Waals surface area contributed by atoms with Gasteiger partial charge in [0.05, 0.1) is 5.02 Å². The van der Waals surface area contributed by atoms with Gasteiger partial charge in [-0.1, -0.05) is 37.1 Å². The smallest absolute Gasteiger partial charge is 0.0551 e. The molecule has 0 aliphatic carbocycles. The normalized spacial score (nSPS) is 12.6. The summed E-state index contributed by atoms with van der Waals surface area (Å²) in [5.74, 6) is 0. The predicted octanol–water partition coefficient (Wildman–Crippen LogP) is 5.80. The summed E-state index contributed by atoms with van der Waals surface area (Å²) < 4.78 is 0.946. The third kappa shape index (κ3) is 4.32. The van der Waals surface area contributed by atoms with Crippen molar-refractivity contribution >= 4 is 38.9 Å². The van der Waals surface area contributed by atoms with Gasteiger partial charge in [0.2, 0.25) is 0 Å². The van der Waals surface area contributed by atoms with Crippen LogP contribution in [0.25, 0.3) is 0 Å². The lowest BCUT2D eigenvalue weighted by Gasteiger charge is -2.17. The Morgan fingerprint density at radius 1 is 1.37 bits per heavy atom. The third-order valence-electron chi connectivity index (χ3n) is 3.00. The van der Waals surface area contributed by atoms with Gasteiger partial charge in [0.25, 0.3) is 0 Å². The Hall–Kier alpha value is -0.350. The molecule has 0 spiro atoms. The fourth-order valence-corrected chi connectivity index (χ4v) is 3.30. The maximum atomic E-state index is 6.12. The summed E-state index contributed by atoms with van der Waals surface area (Å²) >= 11 is 11.3. The van der Waals surface area contributed by atoms with Crippen molar-refractivity contribution in [3.63, 3.8) is 0 Å². The van der Waals surface area contributed by atoms with Crippen molar-refractivity contribution in [3.8, 4) is 0 Å². The van der Waals surface area contributed by atoms with Gasteiger partial charge in [-0.2, -0.15) is 0 Å². The quantitative estimate of drug-likeness (QED) is 0.688. The molecule has 1 unspecified atom stereocenters. The Kier molecular flexibility index (Phi) is 5.89. The van der Waals surface area contributed by atoms with Crippen molar-refractivity contribution in [2.75, 3.05) is 0 Å². The van der Waals surface area contributed by atoms with E-state index in [0.717, 1.165) is 22.5 Å². The Morgan fingerprint density at radius 3 is 2.84 bits per heavy atom. The Bertz CT molecular complexity index is 513. The average Bonchev–Trinajstić information content (AvgIpc) is 2.92. The van der Waals surface area contributed by atoms with E-state index >= 15 is 0 Å². The number of hydrogen-bond acceptors (Lipinski definition) is 2. The summed E-state index contributed by atoms with van der Waals surface area (Å²) in [7, 11) is 0. The number of benzene rings is 1. The van der Waals surface area contributed by atoms with Crippen LogP contribution in [0.5, 0.6) is 0 Å². The number of hydrogen-bond donors (Lipinski definition) is 1. The van der Waals surface area contributed by atoms with E-state index in [9.17, 15) is 0 Å². The van der Waals surface area contributed by atoms with Crippen LogP contribution in [0.2, 0.25) is 5.02 Å². The molecule has 102 valence electrons.